The van der Waals surface area contributed by atoms with Crippen molar-refractivity contribution >= 4 is 19.9 Å². The molecule has 6 nitrogen and oxygen atoms in total. The van der Waals surface area contributed by atoms with Gasteiger partial charge in [-0.3, -0.25) is 0 Å². The van der Waals surface area contributed by atoms with Gasteiger partial charge in [0.1, 0.15) is 0 Å². The van der Waals surface area contributed by atoms with Gasteiger partial charge in [-0.2, -0.15) is 4.31 Å². The first-order valence-corrected chi connectivity index (χ1v) is 11.9. The molecule has 0 radical (unpaired) electrons. The number of nitrogens with zero attached hydrogens (tertiary/aromatic N) is 1. The predicted octanol–water partition coefficient (Wildman–Crippen LogP) is 1.65. The average molecular weight is 410 g/mol. The molecule has 0 saturated carbocycles. The Hall–Kier alpha value is -1.74. The molecule has 0 bridgehead atoms. The zero-order valence-corrected chi connectivity index (χ0v) is 16.9. The lowest BCUT2D eigenvalue weighted by Gasteiger charge is -2.29. The van der Waals surface area contributed by atoms with Gasteiger partial charge in [0.05, 0.1) is 28.5 Å². The molecule has 146 valence electrons. The smallest absolute Gasteiger partial charge is 0.243 e. The van der Waals surface area contributed by atoms with E-state index >= 15 is 0 Å². The van der Waals surface area contributed by atoms with Crippen LogP contribution in [0, 0.1) is 13.8 Å². The molecule has 1 saturated heterocycles. The Bertz CT molecular complexity index is 1030. The van der Waals surface area contributed by atoms with Crippen molar-refractivity contribution in [3.05, 3.63) is 65.2 Å². The summed E-state index contributed by atoms with van der Waals surface area (Å²) in [7, 11) is -7.49. The van der Waals surface area contributed by atoms with Gasteiger partial charge in [0.15, 0.2) is 9.84 Å². The Morgan fingerprint density at radius 3 is 2.26 bits per heavy atom. The molecular weight excluding hydrogens is 386 g/mol. The lowest BCUT2D eigenvalue weighted by Crippen LogP contribution is -2.46. The lowest BCUT2D eigenvalue weighted by molar-refractivity contribution is 0.125. The van der Waals surface area contributed by atoms with Crippen molar-refractivity contribution in [1.29, 1.82) is 0 Å². The lowest BCUT2D eigenvalue weighted by atomic mass is 10.1. The molecule has 1 aliphatic rings. The molecule has 2 atom stereocenters. The maximum atomic E-state index is 13.4. The zero-order chi connectivity index (χ0) is 19.8. The average Bonchev–Trinajstić information content (AvgIpc) is 2.88. The number of hydrogen-bond acceptors (Lipinski definition) is 5. The molecule has 2 aromatic rings. The second-order valence-electron chi connectivity index (χ2n) is 6.99. The van der Waals surface area contributed by atoms with Gasteiger partial charge in [-0.05, 0) is 42.7 Å². The SMILES string of the molecule is Cc1ccc(S(=O)(=O)N(Cc2ccccc2)[C@@H]2CS(=O)(=O)C[C@H]2O)cc1C. The molecule has 8 heteroatoms. The number of aliphatic hydroxyl groups is 1. The van der Waals surface area contributed by atoms with Gasteiger partial charge in [0.25, 0.3) is 0 Å². The van der Waals surface area contributed by atoms with Crippen LogP contribution >= 0.6 is 0 Å². The van der Waals surface area contributed by atoms with Crippen LogP contribution in [0.5, 0.6) is 0 Å². The van der Waals surface area contributed by atoms with Crippen LogP contribution in [0.4, 0.5) is 0 Å². The van der Waals surface area contributed by atoms with E-state index < -0.39 is 37.8 Å². The number of rotatable bonds is 5. The van der Waals surface area contributed by atoms with E-state index in [2.05, 4.69) is 0 Å². The maximum Gasteiger partial charge on any atom is 0.243 e. The van der Waals surface area contributed by atoms with Gasteiger partial charge >= 0.3 is 0 Å². The highest BCUT2D eigenvalue weighted by atomic mass is 32.2. The molecule has 2 aromatic carbocycles. The van der Waals surface area contributed by atoms with Crippen LogP contribution in [0.2, 0.25) is 0 Å². The fraction of sp³-hybridized carbons (Fsp3) is 0.368. The Morgan fingerprint density at radius 2 is 1.70 bits per heavy atom. The van der Waals surface area contributed by atoms with Gasteiger partial charge in [-0.15, -0.1) is 0 Å². The van der Waals surface area contributed by atoms with Gasteiger partial charge in [0, 0.05) is 6.54 Å². The van der Waals surface area contributed by atoms with E-state index in [9.17, 15) is 21.9 Å². The minimum atomic E-state index is -4.00. The molecule has 27 heavy (non-hydrogen) atoms. The fourth-order valence-corrected chi connectivity index (χ4v) is 6.86. The topological polar surface area (TPSA) is 91.8 Å². The van der Waals surface area contributed by atoms with E-state index in [1.54, 1.807) is 36.4 Å². The minimum Gasteiger partial charge on any atom is -0.390 e. The molecule has 3 rings (SSSR count). The molecule has 0 spiro atoms. The van der Waals surface area contributed by atoms with Crippen molar-refractivity contribution in [2.45, 2.75) is 37.4 Å². The van der Waals surface area contributed by atoms with Crippen molar-refractivity contribution in [2.75, 3.05) is 11.5 Å². The van der Waals surface area contributed by atoms with E-state index in [0.717, 1.165) is 21.0 Å². The Kier molecular flexibility index (Phi) is 5.45. The summed E-state index contributed by atoms with van der Waals surface area (Å²) in [6.45, 7) is 3.71. The first-order chi connectivity index (χ1) is 12.6. The molecule has 1 fully saturated rings. The van der Waals surface area contributed by atoms with Gasteiger partial charge < -0.3 is 5.11 Å². The number of aliphatic hydroxyl groups excluding tert-OH is 1. The van der Waals surface area contributed by atoms with Crippen molar-refractivity contribution in [3.8, 4) is 0 Å². The number of sulfonamides is 1. The summed E-state index contributed by atoms with van der Waals surface area (Å²) in [4.78, 5) is 0.0954. The van der Waals surface area contributed by atoms with E-state index in [-0.39, 0.29) is 17.2 Å². The van der Waals surface area contributed by atoms with Crippen molar-refractivity contribution in [1.82, 2.24) is 4.31 Å². The summed E-state index contributed by atoms with van der Waals surface area (Å²) in [5.41, 5.74) is 2.52. The predicted molar refractivity (Wildman–Crippen MR) is 104 cm³/mol. The second kappa shape index (κ2) is 7.35. The quantitative estimate of drug-likeness (QED) is 0.811. The summed E-state index contributed by atoms with van der Waals surface area (Å²) in [6.07, 6.45) is -1.25. The highest BCUT2D eigenvalue weighted by Crippen LogP contribution is 2.28. The summed E-state index contributed by atoms with van der Waals surface area (Å²) in [5, 5.41) is 10.3. The summed E-state index contributed by atoms with van der Waals surface area (Å²) >= 11 is 0. The molecule has 1 N–H and O–H groups in total. The number of aryl methyl sites for hydroxylation is 2. The number of benzene rings is 2. The summed E-state index contributed by atoms with van der Waals surface area (Å²) in [6, 6.07) is 12.8. The monoisotopic (exact) mass is 409 g/mol. The van der Waals surface area contributed by atoms with E-state index in [1.165, 1.54) is 6.07 Å². The van der Waals surface area contributed by atoms with Crippen LogP contribution in [0.3, 0.4) is 0 Å². The maximum absolute atomic E-state index is 13.4. The summed E-state index contributed by atoms with van der Waals surface area (Å²) in [5.74, 6) is -0.809. The van der Waals surface area contributed by atoms with Crippen LogP contribution in [0.1, 0.15) is 16.7 Å². The van der Waals surface area contributed by atoms with Crippen LogP contribution in [-0.2, 0) is 26.4 Å². The van der Waals surface area contributed by atoms with Crippen molar-refractivity contribution in [3.63, 3.8) is 0 Å². The van der Waals surface area contributed by atoms with Crippen LogP contribution in [-0.4, -0.2) is 49.9 Å². The molecule has 0 unspecified atom stereocenters. The van der Waals surface area contributed by atoms with Gasteiger partial charge in [0.2, 0.25) is 10.0 Å². The molecule has 0 aliphatic carbocycles. The first-order valence-electron chi connectivity index (χ1n) is 8.62. The standard InChI is InChI=1S/C19H23NO5S2/c1-14-8-9-17(10-15(14)2)27(24,25)20(11-16-6-4-3-5-7-16)18-12-26(22,23)13-19(18)21/h3-10,18-19,21H,11-13H2,1-2H3/t18-,19-/m1/s1. The minimum absolute atomic E-state index is 0.00660. The molecule has 1 heterocycles. The normalized spacial score (nSPS) is 22.2. The molecule has 0 amide bonds. The van der Waals surface area contributed by atoms with E-state index in [4.69, 9.17) is 0 Å². The third-order valence-corrected chi connectivity index (χ3v) is 8.50. The van der Waals surface area contributed by atoms with Crippen molar-refractivity contribution in [2.24, 2.45) is 0 Å². The largest absolute Gasteiger partial charge is 0.390 e. The van der Waals surface area contributed by atoms with Crippen LogP contribution < -0.4 is 0 Å². The van der Waals surface area contributed by atoms with E-state index in [0.29, 0.717) is 0 Å². The summed E-state index contributed by atoms with van der Waals surface area (Å²) < 4.78 is 51.8. The number of hydrogen-bond donors (Lipinski definition) is 1. The Labute approximate surface area is 160 Å². The second-order valence-corrected chi connectivity index (χ2v) is 11.0. The highest BCUT2D eigenvalue weighted by Gasteiger charge is 2.44. The van der Waals surface area contributed by atoms with Gasteiger partial charge in [-0.1, -0.05) is 36.4 Å². The molecular formula is C19H23NO5S2. The zero-order valence-electron chi connectivity index (χ0n) is 15.2. The van der Waals surface area contributed by atoms with E-state index in [1.807, 2.05) is 19.9 Å². The van der Waals surface area contributed by atoms with Crippen LogP contribution in [0.15, 0.2) is 53.4 Å². The number of sulfone groups is 1. The van der Waals surface area contributed by atoms with Gasteiger partial charge in [-0.25, -0.2) is 16.8 Å². The first kappa shape index (κ1) is 20.0. The third-order valence-electron chi connectivity index (χ3n) is 4.93. The van der Waals surface area contributed by atoms with Crippen LogP contribution in [0.25, 0.3) is 0 Å². The Balaban J connectivity index is 2.06. The van der Waals surface area contributed by atoms with Crippen molar-refractivity contribution < 1.29 is 21.9 Å². The highest BCUT2D eigenvalue weighted by molar-refractivity contribution is 7.92. The fourth-order valence-electron chi connectivity index (χ4n) is 3.24. The Morgan fingerprint density at radius 1 is 1.04 bits per heavy atom. The third kappa shape index (κ3) is 4.24. The molecule has 1 aliphatic heterocycles. The molecule has 0 aromatic heterocycles.